The van der Waals surface area contributed by atoms with E-state index in [-0.39, 0.29) is 134 Å². The van der Waals surface area contributed by atoms with Gasteiger partial charge in [-0.25, -0.2) is 29.4 Å². The molecule has 36 nitrogen and oxygen atoms in total. The lowest BCUT2D eigenvalue weighted by Gasteiger charge is -2.41. The van der Waals surface area contributed by atoms with Crippen LogP contribution in [0.4, 0.5) is 20.1 Å². The number of benzene rings is 5. The van der Waals surface area contributed by atoms with Gasteiger partial charge in [0.05, 0.1) is 75.6 Å². The van der Waals surface area contributed by atoms with Crippen LogP contribution < -0.4 is 48.3 Å². The number of carbonyl (C=O) groups excluding carboxylic acids is 12. The maximum Gasteiger partial charge on any atom is 0.424 e. The van der Waals surface area contributed by atoms with Gasteiger partial charge in [0.1, 0.15) is 48.4 Å². The van der Waals surface area contributed by atoms with E-state index in [0.29, 0.717) is 43.5 Å². The Morgan fingerprint density at radius 3 is 1.88 bits per heavy atom. The number of para-hydroxylation sites is 1. The Morgan fingerprint density at radius 2 is 1.25 bits per heavy atom. The highest BCUT2D eigenvalue weighted by molar-refractivity contribution is 7.09. The standard InChI is InChI=1S/C101H140N16O20S/c1-16-65(8)90(82(132-14)58-85(120)117-49-27-37-81(117)91(133-15)66(9)92(123)109-79(97-104-48-55-138-97)56-67-28-18-17-19-29-67)113(11)98(128)88(63(4)5)111-96(127)89(64(6)7)114(12)100(130)136-60-68-38-40-70(41-39-68)106-94(125)77(35-26-46-105-99(102)129)108-95(126)87(62(2)3)110-84(119)45-51-134-53-54-135-52-47-103-93(124)78(42-43-86(121)122)107-83(118)44-50-116-71(57-69-30-20-25-36-80(69)116)59-112(10)115(13)101(131)137-61-76-74-33-23-21-31-72(74)73-32-22-24-34-75(73)76/h17-25,28-34,36,38-41,48,55,57,62-66,76-79,81-82,87-91H,16,26-27,35,37,42-47,49-54,56,58-61H2,1-15H3,(H,103,124)(H,106,125)(H,107,118)(H,108,126)(H,109,123)(H,110,119)(H,111,127)(H,121,122)(H3,102,105,129)/t65-,66+,77-,78-,79-,81-,82+,87-,88-,89-,90-,91+/m0/s1. The van der Waals surface area contributed by atoms with Crippen molar-refractivity contribution in [3.05, 3.63) is 178 Å². The average molecular weight is 1930 g/mol. The van der Waals surface area contributed by atoms with Gasteiger partial charge >= 0.3 is 24.2 Å². The Kier molecular flexibility index (Phi) is 42.8. The number of likely N-dealkylation sites (N-methyl/N-ethyl adjacent to an activating group) is 2. The topological polar surface area (TPSA) is 454 Å². The molecule has 138 heavy (non-hydrogen) atoms. The van der Waals surface area contributed by atoms with Crippen LogP contribution in [0.3, 0.4) is 0 Å². The number of aryl methyl sites for hydroxylation is 1. The van der Waals surface area contributed by atoms with E-state index in [1.165, 1.54) is 35.4 Å². The molecule has 2 aliphatic rings. The molecule has 37 heteroatoms. The number of aromatic nitrogens is 2. The molecule has 0 radical (unpaired) electrons. The van der Waals surface area contributed by atoms with Crippen molar-refractivity contribution in [1.29, 1.82) is 0 Å². The van der Waals surface area contributed by atoms with Gasteiger partial charge < -0.3 is 96.2 Å². The third-order valence-corrected chi connectivity index (χ3v) is 26.4. The second-order valence-electron chi connectivity index (χ2n) is 36.3. The summed E-state index contributed by atoms with van der Waals surface area (Å²) in [5.41, 5.74) is 13.2. The summed E-state index contributed by atoms with van der Waals surface area (Å²) in [5.74, 6) is -7.92. The molecule has 7 aromatic rings. The Bertz CT molecular complexity index is 5150. The third kappa shape index (κ3) is 31.0. The molecule has 0 spiro atoms. The van der Waals surface area contributed by atoms with E-state index in [1.807, 2.05) is 116 Å². The van der Waals surface area contributed by atoms with Crippen molar-refractivity contribution in [3.63, 3.8) is 0 Å². The second-order valence-corrected chi connectivity index (χ2v) is 37.2. The highest BCUT2D eigenvalue weighted by Crippen LogP contribution is 2.45. The molecule has 12 atom stereocenters. The molecule has 13 amide bonds. The monoisotopic (exact) mass is 1930 g/mol. The fourth-order valence-electron chi connectivity index (χ4n) is 17.8. The molecule has 5 aromatic carbocycles. The number of urea groups is 1. The quantitative estimate of drug-likeness (QED) is 0.0125. The molecule has 1 aliphatic carbocycles. The summed E-state index contributed by atoms with van der Waals surface area (Å²) in [6.07, 6.45) is 0.655. The lowest BCUT2D eigenvalue weighted by Crippen LogP contribution is -2.60. The Hall–Kier alpha value is -12.4. The predicted molar refractivity (Wildman–Crippen MR) is 522 cm³/mol. The summed E-state index contributed by atoms with van der Waals surface area (Å²) < 4.78 is 37.2. The van der Waals surface area contributed by atoms with Crippen LogP contribution in [0.15, 0.2) is 145 Å². The van der Waals surface area contributed by atoms with E-state index in [1.54, 1.807) is 115 Å². The maximum atomic E-state index is 15.0. The molecule has 1 saturated heterocycles. The van der Waals surface area contributed by atoms with Crippen molar-refractivity contribution < 1.29 is 95.9 Å². The number of carboxylic acids is 1. The van der Waals surface area contributed by atoms with E-state index in [9.17, 15) is 67.4 Å². The number of amides is 13. The van der Waals surface area contributed by atoms with Crippen LogP contribution in [0.1, 0.15) is 171 Å². The highest BCUT2D eigenvalue weighted by atomic mass is 32.1. The number of nitrogens with one attached hydrogen (secondary N) is 8. The van der Waals surface area contributed by atoms with Gasteiger partial charge in [-0.1, -0.05) is 178 Å². The number of carbonyl (C=O) groups is 13. The molecule has 0 bridgehead atoms. The molecule has 1 aliphatic heterocycles. The fourth-order valence-corrected chi connectivity index (χ4v) is 18.5. The van der Waals surface area contributed by atoms with E-state index in [2.05, 4.69) is 71.8 Å². The molecular formula is C101H140N16O20S. The molecular weight excluding hydrogens is 1790 g/mol. The molecule has 3 heterocycles. The van der Waals surface area contributed by atoms with Gasteiger partial charge in [0.15, 0.2) is 0 Å². The van der Waals surface area contributed by atoms with Crippen LogP contribution in [-0.2, 0) is 102 Å². The molecule has 11 N–H and O–H groups in total. The first kappa shape index (κ1) is 109. The van der Waals surface area contributed by atoms with E-state index in [0.717, 1.165) is 49.4 Å². The number of hydrazine groups is 1. The third-order valence-electron chi connectivity index (χ3n) is 25.5. The van der Waals surface area contributed by atoms with Crippen molar-refractivity contribution in [2.75, 3.05) is 100 Å². The van der Waals surface area contributed by atoms with Crippen LogP contribution in [0, 0.1) is 29.6 Å². The molecule has 2 aromatic heterocycles. The van der Waals surface area contributed by atoms with Crippen LogP contribution >= 0.6 is 11.3 Å². The number of nitrogens with two attached hydrogens (primary N) is 1. The van der Waals surface area contributed by atoms with Crippen molar-refractivity contribution in [3.8, 4) is 11.1 Å². The first-order valence-electron chi connectivity index (χ1n) is 47.4. The highest BCUT2D eigenvalue weighted by Gasteiger charge is 2.45. The number of hydrogen-bond donors (Lipinski definition) is 10. The number of primary amides is 1. The zero-order valence-corrected chi connectivity index (χ0v) is 82.8. The zero-order valence-electron chi connectivity index (χ0n) is 82.0. The minimum absolute atomic E-state index is 0.00135. The summed E-state index contributed by atoms with van der Waals surface area (Å²) in [4.78, 5) is 187. The summed E-state index contributed by atoms with van der Waals surface area (Å²) in [5, 5.41) is 38.6. The minimum Gasteiger partial charge on any atom is -0.481 e. The molecule has 750 valence electrons. The number of fused-ring (bicyclic) bond motifs is 4. The number of carboxylic acid groups (broad SMARTS) is 1. The lowest BCUT2D eigenvalue weighted by molar-refractivity contribution is -0.148. The maximum absolute atomic E-state index is 15.0. The normalized spacial score (nSPS) is 15.3. The first-order valence-corrected chi connectivity index (χ1v) is 48.3. The number of nitrogens with zero attached hydrogens (tertiary/aromatic N) is 7. The van der Waals surface area contributed by atoms with E-state index in [4.69, 9.17) is 34.2 Å². The average Bonchev–Trinajstić information content (AvgIpc) is 1.61. The number of anilines is 1. The summed E-state index contributed by atoms with van der Waals surface area (Å²) in [6, 6.07) is 34.1. The lowest BCUT2D eigenvalue weighted by atomic mass is 9.89. The van der Waals surface area contributed by atoms with Gasteiger partial charge in [-0.05, 0) is 125 Å². The van der Waals surface area contributed by atoms with E-state index >= 15 is 0 Å². The predicted octanol–water partition coefficient (Wildman–Crippen LogP) is 10.1. The van der Waals surface area contributed by atoms with Crippen LogP contribution in [0.2, 0.25) is 0 Å². The van der Waals surface area contributed by atoms with E-state index < -0.39 is 150 Å². The molecule has 9 rings (SSSR count). The van der Waals surface area contributed by atoms with Gasteiger partial charge in [-0.3, -0.25) is 52.8 Å². The number of likely N-dealkylation sites (tertiary alicyclic amines) is 1. The van der Waals surface area contributed by atoms with Crippen LogP contribution in [0.25, 0.3) is 22.0 Å². The largest absolute Gasteiger partial charge is 0.481 e. The summed E-state index contributed by atoms with van der Waals surface area (Å²) in [7, 11) is 9.52. The minimum atomic E-state index is -1.18. The molecule has 0 saturated carbocycles. The van der Waals surface area contributed by atoms with Gasteiger partial charge in [-0.15, -0.1) is 11.3 Å². The summed E-state index contributed by atoms with van der Waals surface area (Å²) >= 11 is 1.46. The van der Waals surface area contributed by atoms with Crippen LogP contribution in [0.5, 0.6) is 0 Å². The fraction of sp³-hybridized carbons (Fsp3) is 0.525. The number of hydrogen-bond acceptors (Lipinski definition) is 22. The van der Waals surface area contributed by atoms with Gasteiger partial charge in [0.2, 0.25) is 53.2 Å². The Balaban J connectivity index is 0.694. The molecule has 0 unspecified atom stereocenters. The SMILES string of the molecule is CC[C@H](C)[C@@H]([C@@H](CC(=O)N1CCC[C@H]1[C@H](OC)[C@@H](C)C(=O)N[C@@H](Cc1ccccc1)c1nccs1)OC)N(C)C(=O)[C@@H](NC(=O)[C@H](C(C)C)N(C)C(=O)OCc1ccc(NC(=O)[C@H](CCCNC(N)=O)NC(=O)[C@@H](NC(=O)CCOCCOCCNC(=O)[C@H](CCC(=O)O)NC(=O)CCn2c(CN(C)N(C)C(=O)OCC3c4ccccc4-c4ccccc43)cc3ccccc32)C(C)C)cc1)C(C)C. The van der Waals surface area contributed by atoms with Gasteiger partial charge in [0.25, 0.3) is 0 Å². The van der Waals surface area contributed by atoms with Gasteiger partial charge in [-0.2, -0.15) is 0 Å². The van der Waals surface area contributed by atoms with Crippen molar-refractivity contribution >= 4 is 105 Å². The second kappa shape index (κ2) is 54.1. The van der Waals surface area contributed by atoms with Crippen molar-refractivity contribution in [2.24, 2.45) is 35.3 Å². The first-order chi connectivity index (χ1) is 66.0. The van der Waals surface area contributed by atoms with Crippen molar-refractivity contribution in [2.45, 2.75) is 219 Å². The zero-order chi connectivity index (χ0) is 100. The van der Waals surface area contributed by atoms with Crippen LogP contribution in [-0.4, -0.2) is 266 Å². The smallest absolute Gasteiger partial charge is 0.424 e. The number of rotatable bonds is 55. The Morgan fingerprint density at radius 1 is 0.609 bits per heavy atom. The van der Waals surface area contributed by atoms with Crippen molar-refractivity contribution in [1.82, 2.24) is 71.5 Å². The van der Waals surface area contributed by atoms with Gasteiger partial charge in [0, 0.05) is 122 Å². The summed E-state index contributed by atoms with van der Waals surface area (Å²) in [6.45, 7) is 17.2. The number of methoxy groups -OCH3 is 2. The molecule has 1 fully saturated rings. The number of thiazole rings is 1. The number of aliphatic carboxylic acids is 1. The number of ether oxygens (including phenoxy) is 6. The Labute approximate surface area is 812 Å².